The molecule has 0 spiro atoms. The second-order valence-electron chi connectivity index (χ2n) is 7.72. The molecule has 0 unspecified atom stereocenters. The normalized spacial score (nSPS) is 11.7. The number of hydrogen-bond acceptors (Lipinski definition) is 3. The van der Waals surface area contributed by atoms with Crippen LogP contribution < -0.4 is 8.31 Å². The molecule has 0 bridgehead atoms. The average molecular weight is 476 g/mol. The Hall–Kier alpha value is -1.17. The van der Waals surface area contributed by atoms with Crippen LogP contribution in [-0.4, -0.2) is 28.3 Å². The Morgan fingerprint density at radius 1 is 0.926 bits per heavy atom. The molecule has 5 heteroatoms. The Bertz CT molecular complexity index is 681. The fourth-order valence-electron chi connectivity index (χ4n) is 3.90. The van der Waals surface area contributed by atoms with Crippen molar-refractivity contribution in [2.75, 3.05) is 0 Å². The molecule has 2 aromatic heterocycles. The second kappa shape index (κ2) is 11.0. The van der Waals surface area contributed by atoms with Crippen LogP contribution in [0, 0.1) is 12.1 Å². The zero-order valence-corrected chi connectivity index (χ0v) is 20.4. The first kappa shape index (κ1) is 22.1. The summed E-state index contributed by atoms with van der Waals surface area (Å²) in [6.07, 6.45) is 13.5. The summed E-state index contributed by atoms with van der Waals surface area (Å²) in [6, 6.07) is 3.69. The Morgan fingerprint density at radius 3 is 1.93 bits per heavy atom. The predicted molar refractivity (Wildman–Crippen MR) is 116 cm³/mol. The fraction of sp³-hybridized carbons (Fsp3) is 0.591. The summed E-state index contributed by atoms with van der Waals surface area (Å²) in [5.41, 5.74) is 1.48. The number of pyridine rings is 1. The summed E-state index contributed by atoms with van der Waals surface area (Å²) >= 11 is -2.48. The molecule has 0 saturated carbocycles. The van der Waals surface area contributed by atoms with Crippen molar-refractivity contribution in [2.24, 2.45) is 0 Å². The summed E-state index contributed by atoms with van der Waals surface area (Å²) in [4.78, 5) is 9.46. The molecule has 27 heavy (non-hydrogen) atoms. The minimum atomic E-state index is -2.48. The van der Waals surface area contributed by atoms with Gasteiger partial charge in [0.15, 0.2) is 0 Å². The van der Waals surface area contributed by atoms with E-state index in [-0.39, 0.29) is 0 Å². The summed E-state index contributed by atoms with van der Waals surface area (Å²) in [7, 11) is 0. The molecule has 0 fully saturated rings. The van der Waals surface area contributed by atoms with Crippen molar-refractivity contribution in [3.05, 3.63) is 41.6 Å². The quantitative estimate of drug-likeness (QED) is 0.257. The molecule has 0 aliphatic heterocycles. The van der Waals surface area contributed by atoms with Crippen LogP contribution in [0.15, 0.2) is 30.7 Å². The number of nitrogens with zero attached hydrogens (tertiary/aromatic N) is 3. The molecule has 2 rings (SSSR count). The van der Waals surface area contributed by atoms with Crippen molar-refractivity contribution >= 4 is 22.0 Å². The van der Waals surface area contributed by atoms with Gasteiger partial charge in [0, 0.05) is 0 Å². The number of hydrogen-bond donors (Lipinski definition) is 0. The van der Waals surface area contributed by atoms with Crippen LogP contribution in [0.2, 0.25) is 13.3 Å². The average Bonchev–Trinajstić information content (AvgIpc) is 2.70. The Morgan fingerprint density at radius 2 is 1.44 bits per heavy atom. The van der Waals surface area contributed by atoms with Gasteiger partial charge >= 0.3 is 169 Å². The molecule has 0 saturated heterocycles. The Kier molecular flexibility index (Phi) is 9.00. The molecule has 0 N–H and O–H groups in total. The molecular weight excluding hydrogens is 441 g/mol. The fourth-order valence-corrected chi connectivity index (χ4v) is 19.3. The van der Waals surface area contributed by atoms with Crippen LogP contribution in [0.5, 0.6) is 0 Å². The van der Waals surface area contributed by atoms with Crippen LogP contribution in [0.4, 0.5) is 0 Å². The van der Waals surface area contributed by atoms with Crippen molar-refractivity contribution in [1.29, 1.82) is 0 Å². The van der Waals surface area contributed by atoms with Crippen LogP contribution in [0.1, 0.15) is 65.0 Å². The molecule has 0 radical (unpaired) electrons. The van der Waals surface area contributed by atoms with Crippen LogP contribution in [-0.2, 0) is 0 Å². The molecule has 148 valence electrons. The van der Waals surface area contributed by atoms with Crippen LogP contribution in [0.25, 0.3) is 11.4 Å². The molecule has 0 aliphatic carbocycles. The van der Waals surface area contributed by atoms with Crippen molar-refractivity contribution in [3.63, 3.8) is 0 Å². The molecule has 0 atom stereocenters. The maximum atomic E-state index is 11.9. The van der Waals surface area contributed by atoms with E-state index in [4.69, 9.17) is 9.97 Å². The summed E-state index contributed by atoms with van der Waals surface area (Å²) < 4.78 is 6.61. The molecular formula is C22H35N3OSn. The van der Waals surface area contributed by atoms with Crippen molar-refractivity contribution in [1.82, 2.24) is 9.97 Å². The predicted octanol–water partition coefficient (Wildman–Crippen LogP) is 5.14. The summed E-state index contributed by atoms with van der Waals surface area (Å²) in [6.45, 7) is 8.72. The van der Waals surface area contributed by atoms with Gasteiger partial charge in [0.25, 0.3) is 0 Å². The van der Waals surface area contributed by atoms with Crippen LogP contribution in [0.3, 0.4) is 0 Å². The minimum absolute atomic E-state index is 0.656. The van der Waals surface area contributed by atoms with E-state index < -0.39 is 18.4 Å². The summed E-state index contributed by atoms with van der Waals surface area (Å²) in [5, 5.41) is 11.9. The van der Waals surface area contributed by atoms with E-state index >= 15 is 0 Å². The van der Waals surface area contributed by atoms with Gasteiger partial charge in [0.1, 0.15) is 0 Å². The third-order valence-electron chi connectivity index (χ3n) is 5.74. The van der Waals surface area contributed by atoms with E-state index in [1.807, 2.05) is 13.0 Å². The van der Waals surface area contributed by atoms with Gasteiger partial charge < -0.3 is 0 Å². The molecule has 2 aromatic rings. The monoisotopic (exact) mass is 477 g/mol. The van der Waals surface area contributed by atoms with E-state index in [9.17, 15) is 5.21 Å². The zero-order chi connectivity index (χ0) is 19.7. The van der Waals surface area contributed by atoms with Crippen LogP contribution >= 0.6 is 0 Å². The van der Waals surface area contributed by atoms with E-state index in [0.29, 0.717) is 11.5 Å². The second-order valence-corrected chi connectivity index (χ2v) is 21.0. The standard InChI is InChI=1S/C10H8N3O.3C4H9.Sn/c1-8-9(4-2-7-13(8)14)10-11-5-3-6-12-10;3*1-3-4-2;/h2,4-7H,1H3;3*1,3-4H2,2H3;. The van der Waals surface area contributed by atoms with Gasteiger partial charge in [-0.05, 0) is 0 Å². The third-order valence-corrected chi connectivity index (χ3v) is 21.2. The number of unbranched alkanes of at least 4 members (excludes halogenated alkanes) is 3. The van der Waals surface area contributed by atoms with E-state index in [1.165, 1.54) is 61.6 Å². The molecule has 0 aromatic carbocycles. The van der Waals surface area contributed by atoms with Gasteiger partial charge in [-0.3, -0.25) is 0 Å². The first-order valence-corrected chi connectivity index (χ1v) is 18.1. The topological polar surface area (TPSA) is 52.7 Å². The number of aromatic nitrogens is 3. The number of rotatable bonds is 11. The molecule has 0 aliphatic rings. The Labute approximate surface area is 168 Å². The van der Waals surface area contributed by atoms with Crippen molar-refractivity contribution < 1.29 is 4.73 Å². The third kappa shape index (κ3) is 5.66. The molecule has 2 heterocycles. The SMILES string of the molecule is CCC[CH2][Sn]([CH2]CCC)([CH2]CCC)[c]1cnc(-c2ccc[n+]([O-])c2C)nc1. The van der Waals surface area contributed by atoms with Gasteiger partial charge in [0.2, 0.25) is 0 Å². The van der Waals surface area contributed by atoms with E-state index in [1.54, 1.807) is 6.07 Å². The zero-order valence-electron chi connectivity index (χ0n) is 17.5. The van der Waals surface area contributed by atoms with Gasteiger partial charge in [-0.2, -0.15) is 0 Å². The first-order valence-electron chi connectivity index (χ1n) is 10.6. The van der Waals surface area contributed by atoms with Crippen molar-refractivity contribution in [3.8, 4) is 11.4 Å². The van der Waals surface area contributed by atoms with Gasteiger partial charge in [-0.25, -0.2) is 0 Å². The summed E-state index contributed by atoms with van der Waals surface area (Å²) in [5.74, 6) is 0.670. The Balaban J connectivity index is 2.38. The van der Waals surface area contributed by atoms with Gasteiger partial charge in [-0.1, -0.05) is 0 Å². The van der Waals surface area contributed by atoms with Gasteiger partial charge in [-0.15, -0.1) is 0 Å². The maximum absolute atomic E-state index is 11.9. The van der Waals surface area contributed by atoms with Gasteiger partial charge in [0.05, 0.1) is 0 Å². The van der Waals surface area contributed by atoms with Crippen molar-refractivity contribution in [2.45, 2.75) is 79.5 Å². The van der Waals surface area contributed by atoms with E-state index in [0.717, 1.165) is 10.3 Å². The first-order chi connectivity index (χ1) is 13.1. The van der Waals surface area contributed by atoms with E-state index in [2.05, 4.69) is 33.2 Å². The molecule has 0 amide bonds. The molecule has 4 nitrogen and oxygen atoms in total.